The van der Waals surface area contributed by atoms with Crippen LogP contribution in [0.15, 0.2) is 30.5 Å². The molecule has 156 valence electrons. The fourth-order valence-electron chi connectivity index (χ4n) is 3.48. The van der Waals surface area contributed by atoms with Gasteiger partial charge >= 0.3 is 6.01 Å². The molecule has 0 aliphatic carbocycles. The summed E-state index contributed by atoms with van der Waals surface area (Å²) in [5, 5.41) is 3.01. The molecule has 0 bridgehead atoms. The Morgan fingerprint density at radius 1 is 1.10 bits per heavy atom. The molecule has 1 fully saturated rings. The number of rotatable bonds is 8. The summed E-state index contributed by atoms with van der Waals surface area (Å²) in [5.41, 5.74) is 0.946. The second kappa shape index (κ2) is 9.95. The molecule has 1 aliphatic rings. The number of aromatic nitrogens is 2. The first-order valence-electron chi connectivity index (χ1n) is 9.72. The van der Waals surface area contributed by atoms with Crippen molar-refractivity contribution in [3.8, 4) is 17.5 Å². The van der Waals surface area contributed by atoms with Crippen LogP contribution in [0, 0.1) is 5.92 Å². The predicted octanol–water partition coefficient (Wildman–Crippen LogP) is 2.43. The van der Waals surface area contributed by atoms with E-state index in [1.807, 2.05) is 24.3 Å². The van der Waals surface area contributed by atoms with Crippen LogP contribution in [0.4, 0.5) is 5.82 Å². The lowest BCUT2D eigenvalue weighted by Crippen LogP contribution is -2.36. The number of nitrogens with one attached hydrogen (secondary N) is 1. The Labute approximate surface area is 171 Å². The third kappa shape index (κ3) is 5.73. The zero-order valence-corrected chi connectivity index (χ0v) is 17.2. The highest BCUT2D eigenvalue weighted by molar-refractivity contribution is 5.76. The summed E-state index contributed by atoms with van der Waals surface area (Å²) >= 11 is 0. The first kappa shape index (κ1) is 20.7. The Morgan fingerprint density at radius 3 is 2.41 bits per heavy atom. The molecule has 2 aromatic rings. The van der Waals surface area contributed by atoms with Crippen molar-refractivity contribution < 1.29 is 19.0 Å². The second-order valence-electron chi connectivity index (χ2n) is 7.03. The van der Waals surface area contributed by atoms with Gasteiger partial charge in [0.05, 0.1) is 21.3 Å². The molecule has 0 saturated carbocycles. The van der Waals surface area contributed by atoms with E-state index in [2.05, 4.69) is 20.2 Å². The van der Waals surface area contributed by atoms with Gasteiger partial charge in [-0.3, -0.25) is 4.79 Å². The van der Waals surface area contributed by atoms with Gasteiger partial charge in [0.1, 0.15) is 17.3 Å². The number of nitrogens with zero attached hydrogens (tertiary/aromatic N) is 3. The van der Waals surface area contributed by atoms with E-state index in [0.29, 0.717) is 36.4 Å². The number of amides is 1. The summed E-state index contributed by atoms with van der Waals surface area (Å²) in [7, 11) is 4.79. The lowest BCUT2D eigenvalue weighted by atomic mass is 9.93. The van der Waals surface area contributed by atoms with Crippen LogP contribution < -0.4 is 24.4 Å². The molecular formula is C21H28N4O4. The molecule has 29 heavy (non-hydrogen) atoms. The summed E-state index contributed by atoms with van der Waals surface area (Å²) in [6.45, 7) is 2.18. The fraction of sp³-hybridized carbons (Fsp3) is 0.476. The van der Waals surface area contributed by atoms with E-state index < -0.39 is 0 Å². The van der Waals surface area contributed by atoms with E-state index in [1.54, 1.807) is 27.5 Å². The van der Waals surface area contributed by atoms with Crippen molar-refractivity contribution in [2.24, 2.45) is 5.92 Å². The number of benzene rings is 1. The summed E-state index contributed by atoms with van der Waals surface area (Å²) in [6.07, 6.45) is 4.13. The Morgan fingerprint density at radius 2 is 1.79 bits per heavy atom. The summed E-state index contributed by atoms with van der Waals surface area (Å²) in [4.78, 5) is 23.0. The Kier molecular flexibility index (Phi) is 7.10. The molecule has 3 rings (SSSR count). The first-order valence-corrected chi connectivity index (χ1v) is 9.72. The number of hydrogen-bond donors (Lipinski definition) is 1. The van der Waals surface area contributed by atoms with Crippen molar-refractivity contribution in [2.45, 2.75) is 25.8 Å². The normalized spacial score (nSPS) is 14.4. The van der Waals surface area contributed by atoms with E-state index >= 15 is 0 Å². The molecule has 0 radical (unpaired) electrons. The Balaban J connectivity index is 1.46. The molecular weight excluding hydrogens is 372 g/mol. The minimum absolute atomic E-state index is 0.0638. The van der Waals surface area contributed by atoms with Gasteiger partial charge in [-0.2, -0.15) is 4.98 Å². The molecule has 0 atom stereocenters. The van der Waals surface area contributed by atoms with Crippen LogP contribution in [0.2, 0.25) is 0 Å². The molecule has 1 aromatic heterocycles. The topological polar surface area (TPSA) is 85.8 Å². The lowest BCUT2D eigenvalue weighted by Gasteiger charge is -2.32. The quantitative estimate of drug-likeness (QED) is 0.728. The number of anilines is 1. The molecule has 1 N–H and O–H groups in total. The average Bonchev–Trinajstić information content (AvgIpc) is 2.78. The maximum atomic E-state index is 12.4. The van der Waals surface area contributed by atoms with Gasteiger partial charge in [0, 0.05) is 38.3 Å². The summed E-state index contributed by atoms with van der Waals surface area (Å²) < 4.78 is 15.6. The summed E-state index contributed by atoms with van der Waals surface area (Å²) in [6, 6.07) is 7.87. The zero-order valence-electron chi connectivity index (χ0n) is 17.2. The lowest BCUT2D eigenvalue weighted by molar-refractivity contribution is -0.122. The van der Waals surface area contributed by atoms with E-state index in [-0.39, 0.29) is 5.91 Å². The summed E-state index contributed by atoms with van der Waals surface area (Å²) in [5.74, 6) is 2.72. The molecule has 1 amide bonds. The van der Waals surface area contributed by atoms with Crippen molar-refractivity contribution in [1.82, 2.24) is 15.3 Å². The monoisotopic (exact) mass is 400 g/mol. The van der Waals surface area contributed by atoms with Gasteiger partial charge in [0.15, 0.2) is 0 Å². The van der Waals surface area contributed by atoms with Gasteiger partial charge in [0.25, 0.3) is 0 Å². The molecule has 8 heteroatoms. The number of carbonyl (C=O) groups is 1. The van der Waals surface area contributed by atoms with Crippen molar-refractivity contribution in [2.75, 3.05) is 39.3 Å². The van der Waals surface area contributed by atoms with Crippen LogP contribution >= 0.6 is 0 Å². The molecule has 0 unspecified atom stereocenters. The average molecular weight is 400 g/mol. The van der Waals surface area contributed by atoms with E-state index in [4.69, 9.17) is 14.2 Å². The van der Waals surface area contributed by atoms with Gasteiger partial charge in [0.2, 0.25) is 5.91 Å². The highest BCUT2D eigenvalue weighted by atomic mass is 16.5. The number of piperidine rings is 1. The number of hydrogen-bond acceptors (Lipinski definition) is 7. The predicted molar refractivity (Wildman–Crippen MR) is 110 cm³/mol. The molecule has 1 aliphatic heterocycles. The highest BCUT2D eigenvalue weighted by Gasteiger charge is 2.22. The molecule has 8 nitrogen and oxygen atoms in total. The van der Waals surface area contributed by atoms with Gasteiger partial charge in [-0.05, 0) is 42.5 Å². The minimum Gasteiger partial charge on any atom is -0.497 e. The number of carbonyl (C=O) groups excluding carboxylic acids is 1. The van der Waals surface area contributed by atoms with E-state index in [1.165, 1.54) is 0 Å². The van der Waals surface area contributed by atoms with Crippen molar-refractivity contribution >= 4 is 11.7 Å². The maximum absolute atomic E-state index is 12.4. The molecule has 1 saturated heterocycles. The number of methoxy groups -OCH3 is 3. The Bertz CT molecular complexity index is 800. The molecule has 1 aromatic carbocycles. The smallest absolute Gasteiger partial charge is 0.318 e. The second-order valence-corrected chi connectivity index (χ2v) is 7.03. The third-order valence-electron chi connectivity index (χ3n) is 5.11. The van der Waals surface area contributed by atoms with Crippen LogP contribution in [0.1, 0.15) is 24.8 Å². The minimum atomic E-state index is 0.0638. The fourth-order valence-corrected chi connectivity index (χ4v) is 3.48. The van der Waals surface area contributed by atoms with Gasteiger partial charge in [-0.1, -0.05) is 0 Å². The standard InChI is InChI=1S/C21H28N4O4/c1-27-17-10-16(11-18(13-17)28-2)14-23-20(26)12-15-5-8-25(9-6-15)19-4-7-22-21(24-19)29-3/h4,7,10-11,13,15H,5-6,8-9,12,14H2,1-3H3,(H,23,26). The van der Waals surface area contributed by atoms with Gasteiger partial charge in [-0.15, -0.1) is 0 Å². The largest absolute Gasteiger partial charge is 0.497 e. The van der Waals surface area contributed by atoms with Crippen LogP contribution in [0.5, 0.6) is 17.5 Å². The van der Waals surface area contributed by atoms with Gasteiger partial charge in [-0.25, -0.2) is 4.98 Å². The van der Waals surface area contributed by atoms with E-state index in [9.17, 15) is 4.79 Å². The highest BCUT2D eigenvalue weighted by Crippen LogP contribution is 2.25. The Hall–Kier alpha value is -3.03. The van der Waals surface area contributed by atoms with Crippen molar-refractivity contribution in [1.29, 1.82) is 0 Å². The maximum Gasteiger partial charge on any atom is 0.318 e. The molecule has 0 spiro atoms. The number of ether oxygens (including phenoxy) is 3. The van der Waals surface area contributed by atoms with Crippen LogP contribution in [-0.4, -0.2) is 50.3 Å². The van der Waals surface area contributed by atoms with Gasteiger partial charge < -0.3 is 24.4 Å². The zero-order chi connectivity index (χ0) is 20.6. The van der Waals surface area contributed by atoms with E-state index in [0.717, 1.165) is 37.3 Å². The van der Waals surface area contributed by atoms with Crippen LogP contribution in [-0.2, 0) is 11.3 Å². The van der Waals surface area contributed by atoms with Crippen molar-refractivity contribution in [3.63, 3.8) is 0 Å². The van der Waals surface area contributed by atoms with Crippen LogP contribution in [0.25, 0.3) is 0 Å². The van der Waals surface area contributed by atoms with Crippen LogP contribution in [0.3, 0.4) is 0 Å². The SMILES string of the molecule is COc1cc(CNC(=O)CC2CCN(c3ccnc(OC)n3)CC2)cc(OC)c1. The molecule has 2 heterocycles. The van der Waals surface area contributed by atoms with Crippen molar-refractivity contribution in [3.05, 3.63) is 36.0 Å². The third-order valence-corrected chi connectivity index (χ3v) is 5.11. The first-order chi connectivity index (χ1) is 14.1.